The number of imide groups is 1. The molecule has 0 radical (unpaired) electrons. The largest absolute Gasteiger partial charge is 0.463 e. The lowest BCUT2D eigenvalue weighted by molar-refractivity contribution is -0.157. The van der Waals surface area contributed by atoms with Crippen molar-refractivity contribution in [2.75, 3.05) is 6.61 Å². The number of carbonyl (C=O) groups excluding carboxylic acids is 3. The van der Waals surface area contributed by atoms with Crippen LogP contribution in [0.25, 0.3) is 10.9 Å². The highest BCUT2D eigenvalue weighted by atomic mass is 16.5. The number of fused-ring (bicyclic) bond motifs is 1. The van der Waals surface area contributed by atoms with Gasteiger partial charge in [-0.3, -0.25) is 19.3 Å². The Morgan fingerprint density at radius 1 is 0.889 bits per heavy atom. The van der Waals surface area contributed by atoms with Gasteiger partial charge in [0.2, 0.25) is 11.8 Å². The summed E-state index contributed by atoms with van der Waals surface area (Å²) in [6.45, 7) is 1.97. The first kappa shape index (κ1) is 23.5. The minimum atomic E-state index is -0.643. The van der Waals surface area contributed by atoms with Gasteiger partial charge in [-0.1, -0.05) is 78.9 Å². The fourth-order valence-electron chi connectivity index (χ4n) is 5.10. The molecule has 1 fully saturated rings. The first-order chi connectivity index (χ1) is 17.5. The third kappa shape index (κ3) is 4.80. The van der Waals surface area contributed by atoms with E-state index >= 15 is 0 Å². The molecule has 0 unspecified atom stereocenters. The first-order valence-corrected chi connectivity index (χ1v) is 12.2. The summed E-state index contributed by atoms with van der Waals surface area (Å²) in [5.41, 5.74) is 4.04. The predicted molar refractivity (Wildman–Crippen MR) is 137 cm³/mol. The van der Waals surface area contributed by atoms with E-state index in [4.69, 9.17) is 4.74 Å². The van der Waals surface area contributed by atoms with Gasteiger partial charge in [0.1, 0.15) is 6.61 Å². The number of ether oxygens (including phenoxy) is 1. The highest BCUT2D eigenvalue weighted by Gasteiger charge is 2.39. The van der Waals surface area contributed by atoms with Crippen LogP contribution >= 0.6 is 0 Å². The maximum absolute atomic E-state index is 13.4. The number of piperidine rings is 1. The highest BCUT2D eigenvalue weighted by Crippen LogP contribution is 2.38. The zero-order valence-corrected chi connectivity index (χ0v) is 20.2. The second-order valence-corrected chi connectivity index (χ2v) is 9.21. The second-order valence-electron chi connectivity index (χ2n) is 9.21. The third-order valence-electron chi connectivity index (χ3n) is 6.77. The smallest absolute Gasteiger partial charge is 0.302 e. The van der Waals surface area contributed by atoms with Gasteiger partial charge < -0.3 is 9.30 Å². The number of nitrogens with zero attached hydrogens (tertiary/aromatic N) is 2. The lowest BCUT2D eigenvalue weighted by Crippen LogP contribution is -2.46. The van der Waals surface area contributed by atoms with Gasteiger partial charge in [-0.05, 0) is 22.8 Å². The van der Waals surface area contributed by atoms with Gasteiger partial charge in [-0.25, -0.2) is 0 Å². The van der Waals surface area contributed by atoms with Crippen molar-refractivity contribution in [1.82, 2.24) is 9.47 Å². The summed E-state index contributed by atoms with van der Waals surface area (Å²) in [5, 5.41) is 1.06. The van der Waals surface area contributed by atoms with Crippen molar-refractivity contribution in [2.24, 2.45) is 0 Å². The number of hydrogen-bond donors (Lipinski definition) is 0. The van der Waals surface area contributed by atoms with E-state index in [1.807, 2.05) is 60.7 Å². The summed E-state index contributed by atoms with van der Waals surface area (Å²) in [4.78, 5) is 39.7. The molecule has 0 aliphatic carbocycles. The van der Waals surface area contributed by atoms with Gasteiger partial charge in [0.15, 0.2) is 0 Å². The molecule has 1 aliphatic heterocycles. The summed E-state index contributed by atoms with van der Waals surface area (Å²) in [6, 6.07) is 27.0. The van der Waals surface area contributed by atoms with Crippen LogP contribution in [0.3, 0.4) is 0 Å². The molecule has 0 N–H and O–H groups in total. The fourth-order valence-corrected chi connectivity index (χ4v) is 5.10. The number of para-hydroxylation sites is 1. The summed E-state index contributed by atoms with van der Waals surface area (Å²) in [7, 11) is 0. The number of rotatable bonds is 7. The molecule has 1 aromatic heterocycles. The molecule has 0 spiro atoms. The van der Waals surface area contributed by atoms with E-state index in [1.165, 1.54) is 17.4 Å². The standard InChI is InChI=1S/C30H28N2O4/c1-21(33)36-20-28(23-12-6-3-7-13-23)32-29(34)16-24(17-30(32)35)26-19-31(18-22-10-4-2-5-11-22)27-15-9-8-14-25(26)27/h2-15,19,24,28H,16-18,20H2,1H3/t28-/m0/s1. The minimum absolute atomic E-state index is 0.0577. The van der Waals surface area contributed by atoms with Gasteiger partial charge in [0.25, 0.3) is 0 Å². The van der Waals surface area contributed by atoms with Crippen molar-refractivity contribution in [1.29, 1.82) is 0 Å². The van der Waals surface area contributed by atoms with Crippen molar-refractivity contribution < 1.29 is 19.1 Å². The SMILES string of the molecule is CC(=O)OC[C@@H](c1ccccc1)N1C(=O)CC(c2cn(Cc3ccccc3)c3ccccc23)CC1=O. The minimum Gasteiger partial charge on any atom is -0.463 e. The van der Waals surface area contributed by atoms with E-state index in [9.17, 15) is 14.4 Å². The number of aromatic nitrogens is 1. The van der Waals surface area contributed by atoms with Gasteiger partial charge >= 0.3 is 5.97 Å². The Balaban J connectivity index is 1.44. The Morgan fingerprint density at radius 2 is 1.50 bits per heavy atom. The monoisotopic (exact) mass is 480 g/mol. The Kier molecular flexibility index (Phi) is 6.67. The van der Waals surface area contributed by atoms with Crippen LogP contribution in [-0.4, -0.2) is 33.9 Å². The number of hydrogen-bond acceptors (Lipinski definition) is 4. The molecule has 1 saturated heterocycles. The lowest BCUT2D eigenvalue weighted by Gasteiger charge is -2.35. The van der Waals surface area contributed by atoms with Crippen LogP contribution in [0.4, 0.5) is 0 Å². The number of likely N-dealkylation sites (tertiary alicyclic amines) is 1. The van der Waals surface area contributed by atoms with Gasteiger partial charge in [0.05, 0.1) is 6.04 Å². The van der Waals surface area contributed by atoms with Gasteiger partial charge in [0, 0.05) is 49.3 Å². The fraction of sp³-hybridized carbons (Fsp3) is 0.233. The van der Waals surface area contributed by atoms with Gasteiger partial charge in [-0.2, -0.15) is 0 Å². The molecule has 6 nitrogen and oxygen atoms in total. The van der Waals surface area contributed by atoms with E-state index < -0.39 is 12.0 Å². The van der Waals surface area contributed by atoms with E-state index in [0.717, 1.165) is 22.0 Å². The van der Waals surface area contributed by atoms with Crippen LogP contribution in [0.2, 0.25) is 0 Å². The van der Waals surface area contributed by atoms with E-state index in [-0.39, 0.29) is 37.2 Å². The molecular weight excluding hydrogens is 452 g/mol. The van der Waals surface area contributed by atoms with E-state index in [1.54, 1.807) is 0 Å². The first-order valence-electron chi connectivity index (χ1n) is 12.2. The molecule has 4 aromatic rings. The molecule has 182 valence electrons. The average molecular weight is 481 g/mol. The summed E-state index contributed by atoms with van der Waals surface area (Å²) >= 11 is 0. The Labute approximate surface area is 210 Å². The average Bonchev–Trinajstić information content (AvgIpc) is 3.25. The topological polar surface area (TPSA) is 68.6 Å². The number of carbonyl (C=O) groups is 3. The third-order valence-corrected chi connectivity index (χ3v) is 6.77. The molecule has 36 heavy (non-hydrogen) atoms. The molecule has 6 heteroatoms. The maximum Gasteiger partial charge on any atom is 0.302 e. The highest BCUT2D eigenvalue weighted by molar-refractivity contribution is 6.00. The Bertz CT molecular complexity index is 1380. The molecule has 2 amide bonds. The van der Waals surface area contributed by atoms with E-state index in [2.05, 4.69) is 35.0 Å². The van der Waals surface area contributed by atoms with Crippen LogP contribution in [0.1, 0.15) is 48.4 Å². The van der Waals surface area contributed by atoms with Crippen LogP contribution in [0, 0.1) is 0 Å². The molecule has 0 bridgehead atoms. The van der Waals surface area contributed by atoms with Crippen molar-refractivity contribution in [3.05, 3.63) is 108 Å². The molecule has 0 saturated carbocycles. The quantitative estimate of drug-likeness (QED) is 0.268. The maximum atomic E-state index is 13.4. The van der Waals surface area contributed by atoms with Crippen LogP contribution in [0.15, 0.2) is 91.1 Å². The summed E-state index contributed by atoms with van der Waals surface area (Å²) < 4.78 is 7.44. The molecule has 3 aromatic carbocycles. The van der Waals surface area contributed by atoms with Crippen molar-refractivity contribution >= 4 is 28.7 Å². The Morgan fingerprint density at radius 3 is 2.17 bits per heavy atom. The van der Waals surface area contributed by atoms with Crippen molar-refractivity contribution in [3.63, 3.8) is 0 Å². The molecule has 2 heterocycles. The van der Waals surface area contributed by atoms with Crippen molar-refractivity contribution in [3.8, 4) is 0 Å². The lowest BCUT2D eigenvalue weighted by atomic mass is 9.87. The van der Waals surface area contributed by atoms with Crippen molar-refractivity contribution in [2.45, 2.75) is 38.3 Å². The zero-order valence-electron chi connectivity index (χ0n) is 20.2. The number of esters is 1. The second kappa shape index (κ2) is 10.2. The summed E-state index contributed by atoms with van der Waals surface area (Å²) in [6.07, 6.45) is 2.52. The van der Waals surface area contributed by atoms with E-state index in [0.29, 0.717) is 6.54 Å². The summed E-state index contributed by atoms with van der Waals surface area (Å²) in [5.74, 6) is -1.17. The molecule has 1 atom stereocenters. The van der Waals surface area contributed by atoms with Gasteiger partial charge in [-0.15, -0.1) is 0 Å². The molecule has 1 aliphatic rings. The number of amides is 2. The van der Waals surface area contributed by atoms with Crippen LogP contribution in [0.5, 0.6) is 0 Å². The molecule has 5 rings (SSSR count). The number of benzene rings is 3. The molecular formula is C30H28N2O4. The Hall–Kier alpha value is -4.19. The zero-order chi connectivity index (χ0) is 25.1. The van der Waals surface area contributed by atoms with Crippen LogP contribution in [-0.2, 0) is 25.7 Å². The normalized spacial score (nSPS) is 15.3. The van der Waals surface area contributed by atoms with Crippen LogP contribution < -0.4 is 0 Å². The predicted octanol–water partition coefficient (Wildman–Crippen LogP) is 5.23.